The van der Waals surface area contributed by atoms with Crippen molar-refractivity contribution >= 4 is 53.9 Å². The fourth-order valence-corrected chi connectivity index (χ4v) is 7.24. The molecule has 0 amide bonds. The molecule has 0 bridgehead atoms. The lowest BCUT2D eigenvalue weighted by Gasteiger charge is -2.11. The van der Waals surface area contributed by atoms with Crippen LogP contribution in [0.4, 0.5) is 0 Å². The summed E-state index contributed by atoms with van der Waals surface area (Å²) < 4.78 is 0. The summed E-state index contributed by atoms with van der Waals surface area (Å²) in [7, 11) is 0. The average Bonchev–Trinajstić information content (AvgIpc) is 3.20. The van der Waals surface area contributed by atoms with Gasteiger partial charge in [0.25, 0.3) is 0 Å². The lowest BCUT2D eigenvalue weighted by atomic mass is 9.94. The van der Waals surface area contributed by atoms with E-state index in [9.17, 15) is 0 Å². The third-order valence-electron chi connectivity index (χ3n) is 9.87. The molecular formula is C47H29N3. The van der Waals surface area contributed by atoms with Crippen molar-refractivity contribution in [1.82, 2.24) is 15.0 Å². The molecule has 50 heavy (non-hydrogen) atoms. The van der Waals surface area contributed by atoms with Crippen LogP contribution in [0, 0.1) is 0 Å². The molecule has 0 unspecified atom stereocenters. The molecule has 0 saturated carbocycles. The van der Waals surface area contributed by atoms with Crippen LogP contribution in [0.1, 0.15) is 0 Å². The van der Waals surface area contributed by atoms with E-state index in [2.05, 4.69) is 176 Å². The highest BCUT2D eigenvalue weighted by Gasteiger charge is 2.14. The molecular weight excluding hydrogens is 607 g/mol. The molecule has 232 valence electrons. The Hall–Kier alpha value is -6.71. The fraction of sp³-hybridized carbons (Fsp3) is 0. The minimum absolute atomic E-state index is 0.648. The van der Waals surface area contributed by atoms with Crippen molar-refractivity contribution in [3.8, 4) is 45.3 Å². The Kier molecular flexibility index (Phi) is 6.49. The van der Waals surface area contributed by atoms with Gasteiger partial charge in [0, 0.05) is 16.7 Å². The fourth-order valence-electron chi connectivity index (χ4n) is 7.24. The molecule has 10 aromatic rings. The molecule has 0 N–H and O–H groups in total. The van der Waals surface area contributed by atoms with Crippen molar-refractivity contribution in [2.75, 3.05) is 0 Å². The van der Waals surface area contributed by atoms with E-state index < -0.39 is 0 Å². The molecule has 1 aromatic heterocycles. The van der Waals surface area contributed by atoms with E-state index in [1.165, 1.54) is 48.7 Å². The van der Waals surface area contributed by atoms with Gasteiger partial charge in [0.15, 0.2) is 17.5 Å². The molecule has 3 heteroatoms. The molecule has 9 aromatic carbocycles. The first-order valence-electron chi connectivity index (χ1n) is 16.9. The van der Waals surface area contributed by atoms with Crippen LogP contribution in [-0.2, 0) is 0 Å². The molecule has 1 heterocycles. The van der Waals surface area contributed by atoms with Gasteiger partial charge < -0.3 is 0 Å². The maximum Gasteiger partial charge on any atom is 0.164 e. The zero-order valence-corrected chi connectivity index (χ0v) is 27.1. The van der Waals surface area contributed by atoms with Gasteiger partial charge in [0.2, 0.25) is 0 Å². The highest BCUT2D eigenvalue weighted by molar-refractivity contribution is 6.17. The summed E-state index contributed by atoms with van der Waals surface area (Å²) in [5.74, 6) is 1.96. The molecule has 0 aliphatic carbocycles. The molecule has 0 radical (unpaired) electrons. The van der Waals surface area contributed by atoms with Crippen LogP contribution in [0.25, 0.3) is 99.2 Å². The summed E-state index contributed by atoms with van der Waals surface area (Å²) in [6.45, 7) is 0. The van der Waals surface area contributed by atoms with Gasteiger partial charge in [-0.05, 0) is 83.2 Å². The van der Waals surface area contributed by atoms with Crippen LogP contribution in [-0.4, -0.2) is 15.0 Å². The first-order chi connectivity index (χ1) is 24.7. The lowest BCUT2D eigenvalue weighted by Crippen LogP contribution is -2.00. The van der Waals surface area contributed by atoms with Crippen molar-refractivity contribution in [3.63, 3.8) is 0 Å². The molecule has 0 fully saturated rings. The molecule has 0 atom stereocenters. The monoisotopic (exact) mass is 635 g/mol. The SMILES string of the molecule is c1ccc2cc(-c3nc(-c4ccc(-c5ccc6c(ccc7c8ccccc8ccc67)c5)cc4)nc(-c4ccc5ccccc5c4)n3)ccc2c1. The van der Waals surface area contributed by atoms with E-state index in [0.29, 0.717) is 17.5 Å². The number of hydrogen-bond donors (Lipinski definition) is 0. The molecule has 3 nitrogen and oxygen atoms in total. The van der Waals surface area contributed by atoms with E-state index in [1.54, 1.807) is 0 Å². The lowest BCUT2D eigenvalue weighted by molar-refractivity contribution is 1.08. The second-order valence-corrected chi connectivity index (χ2v) is 12.9. The molecule has 10 rings (SSSR count). The van der Waals surface area contributed by atoms with Gasteiger partial charge >= 0.3 is 0 Å². The predicted molar refractivity (Wildman–Crippen MR) is 209 cm³/mol. The maximum absolute atomic E-state index is 5.04. The third kappa shape index (κ3) is 4.87. The second kappa shape index (κ2) is 11.5. The number of hydrogen-bond acceptors (Lipinski definition) is 3. The number of benzene rings is 9. The van der Waals surface area contributed by atoms with E-state index in [1.807, 2.05) is 0 Å². The number of fused-ring (bicyclic) bond motifs is 7. The molecule has 0 aliphatic rings. The van der Waals surface area contributed by atoms with Gasteiger partial charge in [-0.15, -0.1) is 0 Å². The first kappa shape index (κ1) is 28.3. The van der Waals surface area contributed by atoms with Crippen molar-refractivity contribution in [2.24, 2.45) is 0 Å². The summed E-state index contributed by atoms with van der Waals surface area (Å²) in [6.07, 6.45) is 0. The Balaban J connectivity index is 1.05. The minimum Gasteiger partial charge on any atom is -0.208 e. The zero-order chi connectivity index (χ0) is 33.0. The normalized spacial score (nSPS) is 11.6. The molecule has 0 aliphatic heterocycles. The third-order valence-corrected chi connectivity index (χ3v) is 9.87. The Morgan fingerprint density at radius 3 is 1.22 bits per heavy atom. The van der Waals surface area contributed by atoms with Crippen molar-refractivity contribution in [2.45, 2.75) is 0 Å². The van der Waals surface area contributed by atoms with Crippen molar-refractivity contribution < 1.29 is 0 Å². The smallest absolute Gasteiger partial charge is 0.164 e. The first-order valence-corrected chi connectivity index (χ1v) is 16.9. The van der Waals surface area contributed by atoms with E-state index >= 15 is 0 Å². The largest absolute Gasteiger partial charge is 0.208 e. The Morgan fingerprint density at radius 1 is 0.220 bits per heavy atom. The Bertz CT molecular complexity index is 2830. The van der Waals surface area contributed by atoms with Crippen LogP contribution in [0.3, 0.4) is 0 Å². The van der Waals surface area contributed by atoms with Crippen LogP contribution < -0.4 is 0 Å². The number of nitrogens with zero attached hydrogens (tertiary/aromatic N) is 3. The minimum atomic E-state index is 0.648. The van der Waals surface area contributed by atoms with E-state index in [0.717, 1.165) is 33.0 Å². The molecule has 0 saturated heterocycles. The highest BCUT2D eigenvalue weighted by atomic mass is 15.0. The summed E-state index contributed by atoms with van der Waals surface area (Å²) in [6, 6.07) is 62.5. The Labute approximate surface area is 289 Å². The van der Waals surface area contributed by atoms with Crippen LogP contribution >= 0.6 is 0 Å². The van der Waals surface area contributed by atoms with Gasteiger partial charge in [0.05, 0.1) is 0 Å². The van der Waals surface area contributed by atoms with Gasteiger partial charge in [-0.25, -0.2) is 15.0 Å². The van der Waals surface area contributed by atoms with Crippen LogP contribution in [0.2, 0.25) is 0 Å². The number of rotatable bonds is 4. The summed E-state index contributed by atoms with van der Waals surface area (Å²) >= 11 is 0. The summed E-state index contributed by atoms with van der Waals surface area (Å²) in [4.78, 5) is 15.1. The summed E-state index contributed by atoms with van der Waals surface area (Å²) in [5, 5.41) is 12.3. The van der Waals surface area contributed by atoms with Gasteiger partial charge in [-0.2, -0.15) is 0 Å². The van der Waals surface area contributed by atoms with E-state index in [-0.39, 0.29) is 0 Å². The predicted octanol–water partition coefficient (Wildman–Crippen LogP) is 12.3. The van der Waals surface area contributed by atoms with Crippen molar-refractivity contribution in [1.29, 1.82) is 0 Å². The average molecular weight is 636 g/mol. The quantitative estimate of drug-likeness (QED) is 0.181. The Morgan fingerprint density at radius 2 is 0.600 bits per heavy atom. The van der Waals surface area contributed by atoms with Crippen LogP contribution in [0.5, 0.6) is 0 Å². The summed E-state index contributed by atoms with van der Waals surface area (Å²) in [5.41, 5.74) is 5.19. The maximum atomic E-state index is 5.04. The van der Waals surface area contributed by atoms with Crippen LogP contribution in [0.15, 0.2) is 176 Å². The second-order valence-electron chi connectivity index (χ2n) is 12.9. The van der Waals surface area contributed by atoms with Gasteiger partial charge in [-0.3, -0.25) is 0 Å². The zero-order valence-electron chi connectivity index (χ0n) is 27.1. The van der Waals surface area contributed by atoms with E-state index in [4.69, 9.17) is 15.0 Å². The van der Waals surface area contributed by atoms with Crippen molar-refractivity contribution in [3.05, 3.63) is 176 Å². The molecule has 0 spiro atoms. The van der Waals surface area contributed by atoms with Gasteiger partial charge in [0.1, 0.15) is 0 Å². The number of aromatic nitrogens is 3. The van der Waals surface area contributed by atoms with Gasteiger partial charge in [-0.1, -0.05) is 158 Å². The standard InChI is InChI=1S/C47H29N3/c1-3-10-35-28-39(19-15-30(35)7-1)46-48-45(49-47(50-46)40-20-16-31-8-2-4-11-36(31)29-40)34-17-13-32(14-18-34)37-22-24-42-38(27-37)23-26-43-41-12-6-5-9-33(41)21-25-44(42)43/h1-29H. The topological polar surface area (TPSA) is 38.7 Å². The highest BCUT2D eigenvalue weighted by Crippen LogP contribution is 2.35.